The monoisotopic (exact) mass is 272 g/mol. The molecule has 0 aliphatic carbocycles. The minimum atomic E-state index is -0.562. The number of nitrogens with one attached hydrogen (secondary N) is 1. The molecule has 0 fully saturated rings. The molecule has 1 N–H and O–H groups in total. The molecule has 0 atom stereocenters. The summed E-state index contributed by atoms with van der Waals surface area (Å²) >= 11 is 0. The van der Waals surface area contributed by atoms with Gasteiger partial charge in [0.05, 0.1) is 35.3 Å². The fourth-order valence-corrected chi connectivity index (χ4v) is 1.64. The zero-order valence-electron chi connectivity index (χ0n) is 11.0. The first kappa shape index (κ1) is 13.6. The molecule has 3 aromatic heterocycles. The lowest BCUT2D eigenvalue weighted by Crippen LogP contribution is -2.03. The number of H-pyrrole nitrogens is 1. The smallest absolute Gasteiger partial charge is 0.310 e. The highest BCUT2D eigenvalue weighted by Crippen LogP contribution is 2.18. The third kappa shape index (κ3) is 3.14. The van der Waals surface area contributed by atoms with E-state index in [1.165, 1.54) is 13.8 Å². The first-order chi connectivity index (χ1) is 9.58. The molecule has 3 heterocycles. The molecular weight excluding hydrogens is 260 g/mol. The van der Waals surface area contributed by atoms with Gasteiger partial charge >= 0.3 is 11.9 Å². The van der Waals surface area contributed by atoms with Gasteiger partial charge < -0.3 is 9.72 Å². The normalized spacial score (nSPS) is 9.90. The molecule has 102 valence electrons. The summed E-state index contributed by atoms with van der Waals surface area (Å²) in [5, 5.41) is 1.04. The molecule has 20 heavy (non-hydrogen) atoms. The lowest BCUT2D eigenvalue weighted by molar-refractivity contribution is -0.156. The molecule has 0 unspecified atom stereocenters. The van der Waals surface area contributed by atoms with E-state index < -0.39 is 11.9 Å². The Morgan fingerprint density at radius 1 is 1.15 bits per heavy atom. The fraction of sp³-hybridized carbons (Fsp3) is 0.154. The number of fused-ring (bicyclic) bond motifs is 3. The predicted octanol–water partition coefficient (Wildman–Crippen LogP) is 1.60. The summed E-state index contributed by atoms with van der Waals surface area (Å²) in [6.45, 7) is 2.36. The van der Waals surface area contributed by atoms with Gasteiger partial charge in [0, 0.05) is 25.4 Å². The Labute approximate surface area is 114 Å². The molecule has 3 rings (SSSR count). The maximum absolute atomic E-state index is 9.81. The summed E-state index contributed by atoms with van der Waals surface area (Å²) in [5.41, 5.74) is 2.79. The van der Waals surface area contributed by atoms with Crippen LogP contribution in [0.1, 0.15) is 13.8 Å². The number of aromatic nitrogens is 4. The quantitative estimate of drug-likeness (QED) is 0.493. The molecule has 7 heteroatoms. The molecule has 0 saturated heterocycles. The number of ether oxygens (including phenoxy) is 1. The van der Waals surface area contributed by atoms with Gasteiger partial charge in [-0.2, -0.15) is 0 Å². The van der Waals surface area contributed by atoms with Gasteiger partial charge in [0.1, 0.15) is 0 Å². The average molecular weight is 272 g/mol. The van der Waals surface area contributed by atoms with Gasteiger partial charge in [-0.25, -0.2) is 4.98 Å². The molecule has 0 bridgehead atoms. The molecule has 0 saturated carbocycles. The van der Waals surface area contributed by atoms with Gasteiger partial charge in [0.25, 0.3) is 0 Å². The number of nitrogens with zero attached hydrogens (tertiary/aromatic N) is 3. The predicted molar refractivity (Wildman–Crippen MR) is 71.6 cm³/mol. The van der Waals surface area contributed by atoms with E-state index in [9.17, 15) is 9.59 Å². The van der Waals surface area contributed by atoms with Crippen molar-refractivity contribution in [1.29, 1.82) is 0 Å². The maximum Gasteiger partial charge on any atom is 0.310 e. The average Bonchev–Trinajstić information content (AvgIpc) is 2.86. The van der Waals surface area contributed by atoms with Crippen molar-refractivity contribution in [1.82, 2.24) is 19.9 Å². The number of hydrogen-bond donors (Lipinski definition) is 1. The number of rotatable bonds is 0. The van der Waals surface area contributed by atoms with Crippen LogP contribution in [0.2, 0.25) is 0 Å². The van der Waals surface area contributed by atoms with Crippen LogP contribution in [0.3, 0.4) is 0 Å². The summed E-state index contributed by atoms with van der Waals surface area (Å²) in [7, 11) is 0. The van der Waals surface area contributed by atoms with E-state index >= 15 is 0 Å². The Balaban J connectivity index is 0.000000182. The summed E-state index contributed by atoms with van der Waals surface area (Å²) in [4.78, 5) is 35.1. The number of aromatic amines is 1. The van der Waals surface area contributed by atoms with Crippen molar-refractivity contribution in [2.24, 2.45) is 0 Å². The minimum absolute atomic E-state index is 0.562. The van der Waals surface area contributed by atoms with E-state index in [0.717, 1.165) is 21.9 Å². The fourth-order valence-electron chi connectivity index (χ4n) is 1.64. The van der Waals surface area contributed by atoms with Crippen molar-refractivity contribution < 1.29 is 14.3 Å². The van der Waals surface area contributed by atoms with Gasteiger partial charge in [-0.1, -0.05) is 0 Å². The minimum Gasteiger partial charge on any atom is -0.394 e. The SMILES string of the molecule is CC(=O)OC(C)=O.c1cc2c(cn1)ncc1[nH]cnc12. The number of carbonyl (C=O) groups excluding carboxylic acids is 2. The maximum atomic E-state index is 9.81. The molecule has 0 amide bonds. The highest BCUT2D eigenvalue weighted by molar-refractivity contribution is 6.00. The summed E-state index contributed by atoms with van der Waals surface area (Å²) < 4.78 is 3.97. The van der Waals surface area contributed by atoms with Gasteiger partial charge in [-0.3, -0.25) is 19.6 Å². The Kier molecular flexibility index (Phi) is 3.99. The zero-order chi connectivity index (χ0) is 14.5. The van der Waals surface area contributed by atoms with E-state index in [0.29, 0.717) is 0 Å². The van der Waals surface area contributed by atoms with Crippen LogP contribution in [-0.2, 0) is 14.3 Å². The van der Waals surface area contributed by atoms with E-state index in [1.807, 2.05) is 6.07 Å². The topological polar surface area (TPSA) is 97.8 Å². The highest BCUT2D eigenvalue weighted by Gasteiger charge is 2.01. The summed E-state index contributed by atoms with van der Waals surface area (Å²) in [6.07, 6.45) is 6.93. The van der Waals surface area contributed by atoms with E-state index in [-0.39, 0.29) is 0 Å². The Bertz CT molecular complexity index is 754. The second-order valence-electron chi connectivity index (χ2n) is 3.90. The molecule has 0 radical (unpaired) electrons. The van der Waals surface area contributed by atoms with Crippen molar-refractivity contribution in [2.75, 3.05) is 0 Å². The third-order valence-electron chi connectivity index (χ3n) is 2.34. The second-order valence-corrected chi connectivity index (χ2v) is 3.90. The van der Waals surface area contributed by atoms with Gasteiger partial charge in [-0.15, -0.1) is 0 Å². The Hall–Kier alpha value is -2.83. The van der Waals surface area contributed by atoms with Crippen molar-refractivity contribution in [3.05, 3.63) is 31.0 Å². The van der Waals surface area contributed by atoms with Gasteiger partial charge in [0.15, 0.2) is 0 Å². The van der Waals surface area contributed by atoms with Crippen LogP contribution < -0.4 is 0 Å². The van der Waals surface area contributed by atoms with Crippen LogP contribution >= 0.6 is 0 Å². The van der Waals surface area contributed by atoms with Crippen LogP contribution in [0.25, 0.3) is 21.9 Å². The molecular formula is C13H12N4O3. The number of esters is 2. The zero-order valence-corrected chi connectivity index (χ0v) is 11.0. The van der Waals surface area contributed by atoms with Crippen LogP contribution in [0.4, 0.5) is 0 Å². The number of carbonyl (C=O) groups is 2. The molecule has 0 aliphatic heterocycles. The lowest BCUT2D eigenvalue weighted by Gasteiger charge is -1.95. The Morgan fingerprint density at radius 3 is 2.55 bits per heavy atom. The third-order valence-corrected chi connectivity index (χ3v) is 2.34. The van der Waals surface area contributed by atoms with Crippen molar-refractivity contribution >= 4 is 33.9 Å². The summed E-state index contributed by atoms with van der Waals surface area (Å²) in [6, 6.07) is 1.92. The van der Waals surface area contributed by atoms with E-state index in [2.05, 4.69) is 24.7 Å². The first-order valence-electron chi connectivity index (χ1n) is 5.78. The lowest BCUT2D eigenvalue weighted by atomic mass is 10.2. The highest BCUT2D eigenvalue weighted by atomic mass is 16.6. The largest absolute Gasteiger partial charge is 0.394 e. The second kappa shape index (κ2) is 5.87. The molecule has 0 spiro atoms. The van der Waals surface area contributed by atoms with Crippen LogP contribution in [-0.4, -0.2) is 31.9 Å². The van der Waals surface area contributed by atoms with E-state index in [4.69, 9.17) is 0 Å². The standard InChI is InChI=1S/C9H6N4.C4H6O3/c1-2-10-3-7-6(1)9-8(4-11-7)12-5-13-9;1-3(5)7-4(2)6/h1-5H,(H,12,13);1-2H3. The summed E-state index contributed by atoms with van der Waals surface area (Å²) in [5.74, 6) is -1.12. The molecule has 0 aliphatic rings. The molecule has 3 aromatic rings. The van der Waals surface area contributed by atoms with Gasteiger partial charge in [0.2, 0.25) is 0 Å². The Morgan fingerprint density at radius 2 is 1.90 bits per heavy atom. The number of hydrogen-bond acceptors (Lipinski definition) is 6. The van der Waals surface area contributed by atoms with Crippen LogP contribution in [0.15, 0.2) is 31.0 Å². The van der Waals surface area contributed by atoms with Crippen LogP contribution in [0, 0.1) is 0 Å². The first-order valence-corrected chi connectivity index (χ1v) is 5.78. The van der Waals surface area contributed by atoms with Crippen LogP contribution in [0.5, 0.6) is 0 Å². The molecule has 7 nitrogen and oxygen atoms in total. The van der Waals surface area contributed by atoms with E-state index in [1.54, 1.807) is 24.9 Å². The van der Waals surface area contributed by atoms with Crippen molar-refractivity contribution in [3.63, 3.8) is 0 Å². The van der Waals surface area contributed by atoms with Crippen molar-refractivity contribution in [2.45, 2.75) is 13.8 Å². The molecule has 0 aromatic carbocycles. The van der Waals surface area contributed by atoms with Gasteiger partial charge in [-0.05, 0) is 6.07 Å². The number of pyridine rings is 2. The van der Waals surface area contributed by atoms with Crippen molar-refractivity contribution in [3.8, 4) is 0 Å². The number of imidazole rings is 1.